The molecule has 150 valence electrons. The lowest BCUT2D eigenvalue weighted by Crippen LogP contribution is -2.25. The van der Waals surface area contributed by atoms with Crippen molar-refractivity contribution in [3.05, 3.63) is 78.3 Å². The van der Waals surface area contributed by atoms with Gasteiger partial charge in [-0.3, -0.25) is 9.59 Å². The molecule has 2 aromatic carbocycles. The molecule has 0 saturated heterocycles. The predicted molar refractivity (Wildman–Crippen MR) is 107 cm³/mol. The Kier molecular flexibility index (Phi) is 6.65. The minimum absolute atomic E-state index is 0.0264. The Morgan fingerprint density at radius 2 is 1.72 bits per heavy atom. The van der Waals surface area contributed by atoms with E-state index in [1.54, 1.807) is 60.7 Å². The third-order valence-corrected chi connectivity index (χ3v) is 3.98. The summed E-state index contributed by atoms with van der Waals surface area (Å²) in [6.07, 6.45) is 0.579. The summed E-state index contributed by atoms with van der Waals surface area (Å²) in [5, 5.41) is 12.8. The van der Waals surface area contributed by atoms with Crippen LogP contribution in [0, 0.1) is 0 Å². The molecule has 7 nitrogen and oxygen atoms in total. The van der Waals surface area contributed by atoms with Gasteiger partial charge in [-0.05, 0) is 55.5 Å². The van der Waals surface area contributed by atoms with Crippen molar-refractivity contribution in [2.24, 2.45) is 0 Å². The number of hydrogen-bond donors (Lipinski definition) is 2. The van der Waals surface area contributed by atoms with Crippen molar-refractivity contribution >= 4 is 17.4 Å². The molecule has 1 aromatic heterocycles. The first-order valence-electron chi connectivity index (χ1n) is 9.01. The second-order valence-corrected chi connectivity index (χ2v) is 6.32. The summed E-state index contributed by atoms with van der Waals surface area (Å²) in [7, 11) is 0. The molecular weight excluding hydrogens is 374 g/mol. The average Bonchev–Trinajstić information content (AvgIpc) is 3.27. The molecule has 0 aliphatic heterocycles. The number of amides is 1. The Morgan fingerprint density at radius 1 is 1.00 bits per heavy atom. The maximum Gasteiger partial charge on any atom is 0.291 e. The molecule has 3 rings (SSSR count). The van der Waals surface area contributed by atoms with Crippen LogP contribution in [0.4, 0.5) is 5.69 Å². The number of ketones is 1. The number of furan rings is 1. The number of benzene rings is 2. The van der Waals surface area contributed by atoms with E-state index in [-0.39, 0.29) is 30.7 Å². The van der Waals surface area contributed by atoms with Crippen LogP contribution in [-0.4, -0.2) is 36.1 Å². The van der Waals surface area contributed by atoms with Crippen LogP contribution >= 0.6 is 0 Å². The molecule has 1 atom stereocenters. The maximum atomic E-state index is 11.9. The Labute approximate surface area is 167 Å². The summed E-state index contributed by atoms with van der Waals surface area (Å²) < 4.78 is 16.1. The molecule has 0 aliphatic carbocycles. The van der Waals surface area contributed by atoms with E-state index in [0.717, 1.165) is 0 Å². The zero-order valence-electron chi connectivity index (χ0n) is 15.8. The number of ether oxygens (including phenoxy) is 2. The normalized spacial score (nSPS) is 11.5. The molecule has 1 amide bonds. The molecule has 0 spiro atoms. The van der Waals surface area contributed by atoms with Gasteiger partial charge in [-0.1, -0.05) is 12.1 Å². The van der Waals surface area contributed by atoms with Gasteiger partial charge in [0.1, 0.15) is 30.8 Å². The second-order valence-electron chi connectivity index (χ2n) is 6.32. The van der Waals surface area contributed by atoms with E-state index >= 15 is 0 Å². The number of rotatable bonds is 9. The van der Waals surface area contributed by atoms with Crippen LogP contribution in [0.5, 0.6) is 11.5 Å². The van der Waals surface area contributed by atoms with Crippen molar-refractivity contribution < 1.29 is 28.6 Å². The van der Waals surface area contributed by atoms with Gasteiger partial charge in [0.15, 0.2) is 11.5 Å². The Morgan fingerprint density at radius 3 is 2.38 bits per heavy atom. The topological polar surface area (TPSA) is 98.0 Å². The van der Waals surface area contributed by atoms with Gasteiger partial charge in [0.2, 0.25) is 0 Å². The van der Waals surface area contributed by atoms with E-state index in [4.69, 9.17) is 13.9 Å². The zero-order valence-corrected chi connectivity index (χ0v) is 15.8. The number of aliphatic hydroxyl groups is 1. The summed E-state index contributed by atoms with van der Waals surface area (Å²) in [6, 6.07) is 16.7. The SMILES string of the molecule is CC(=O)c1cccc(OCC(O)COc2ccc(NC(=O)c3ccco3)cc2)c1. The van der Waals surface area contributed by atoms with E-state index in [0.29, 0.717) is 22.7 Å². The lowest BCUT2D eigenvalue weighted by atomic mass is 10.1. The molecule has 29 heavy (non-hydrogen) atoms. The third kappa shape index (κ3) is 5.95. The lowest BCUT2D eigenvalue weighted by molar-refractivity contribution is 0.0626. The monoisotopic (exact) mass is 395 g/mol. The fourth-order valence-corrected chi connectivity index (χ4v) is 2.47. The Bertz CT molecular complexity index is 950. The molecule has 0 fully saturated rings. The number of aliphatic hydroxyl groups excluding tert-OH is 1. The van der Waals surface area contributed by atoms with E-state index in [9.17, 15) is 14.7 Å². The number of hydrogen-bond acceptors (Lipinski definition) is 6. The molecule has 0 aliphatic rings. The van der Waals surface area contributed by atoms with Gasteiger partial charge < -0.3 is 24.3 Å². The fraction of sp³-hybridized carbons (Fsp3) is 0.182. The number of nitrogens with one attached hydrogen (secondary N) is 1. The summed E-state index contributed by atoms with van der Waals surface area (Å²) in [5.41, 5.74) is 1.14. The number of Topliss-reactive ketones (excluding diaryl/α,β-unsaturated/α-hetero) is 1. The molecule has 3 aromatic rings. The molecule has 2 N–H and O–H groups in total. The highest BCUT2D eigenvalue weighted by Gasteiger charge is 2.10. The van der Waals surface area contributed by atoms with E-state index < -0.39 is 6.10 Å². The van der Waals surface area contributed by atoms with Crippen LogP contribution in [0.3, 0.4) is 0 Å². The maximum absolute atomic E-state index is 11.9. The van der Waals surface area contributed by atoms with Crippen LogP contribution in [0.25, 0.3) is 0 Å². The molecule has 1 unspecified atom stereocenters. The van der Waals surface area contributed by atoms with Gasteiger partial charge in [-0.2, -0.15) is 0 Å². The largest absolute Gasteiger partial charge is 0.491 e. The highest BCUT2D eigenvalue weighted by atomic mass is 16.5. The summed E-state index contributed by atoms with van der Waals surface area (Å²) in [4.78, 5) is 23.3. The Balaban J connectivity index is 1.44. The van der Waals surface area contributed by atoms with Crippen LogP contribution < -0.4 is 14.8 Å². The van der Waals surface area contributed by atoms with Crippen LogP contribution in [0.15, 0.2) is 71.3 Å². The quantitative estimate of drug-likeness (QED) is 0.538. The molecular formula is C22H21NO6. The first-order valence-corrected chi connectivity index (χ1v) is 9.01. The molecule has 0 saturated carbocycles. The van der Waals surface area contributed by atoms with Crippen molar-refractivity contribution in [2.45, 2.75) is 13.0 Å². The molecule has 0 bridgehead atoms. The van der Waals surface area contributed by atoms with Gasteiger partial charge in [-0.15, -0.1) is 0 Å². The first kappa shape index (κ1) is 20.2. The summed E-state index contributed by atoms with van der Waals surface area (Å²) >= 11 is 0. The minimum atomic E-state index is -0.852. The minimum Gasteiger partial charge on any atom is -0.491 e. The molecule has 0 radical (unpaired) electrons. The van der Waals surface area contributed by atoms with E-state index in [1.165, 1.54) is 13.2 Å². The standard InChI is InChI=1S/C22H21NO6/c1-15(24)16-4-2-5-20(12-16)29-14-18(25)13-28-19-9-7-17(8-10-19)23-22(26)21-6-3-11-27-21/h2-12,18,25H,13-14H2,1H3,(H,23,26). The van der Waals surface area contributed by atoms with Crippen LogP contribution in [-0.2, 0) is 0 Å². The van der Waals surface area contributed by atoms with Crippen molar-refractivity contribution in [3.8, 4) is 11.5 Å². The number of anilines is 1. The smallest absolute Gasteiger partial charge is 0.291 e. The molecule has 7 heteroatoms. The van der Waals surface area contributed by atoms with Crippen molar-refractivity contribution in [3.63, 3.8) is 0 Å². The number of carbonyl (C=O) groups is 2. The highest BCUT2D eigenvalue weighted by molar-refractivity contribution is 6.02. The highest BCUT2D eigenvalue weighted by Crippen LogP contribution is 2.17. The van der Waals surface area contributed by atoms with Crippen LogP contribution in [0.1, 0.15) is 27.8 Å². The van der Waals surface area contributed by atoms with Crippen molar-refractivity contribution in [2.75, 3.05) is 18.5 Å². The van der Waals surface area contributed by atoms with Gasteiger partial charge in [0.25, 0.3) is 5.91 Å². The summed E-state index contributed by atoms with van der Waals surface area (Å²) in [6.45, 7) is 1.54. The van der Waals surface area contributed by atoms with E-state index in [2.05, 4.69) is 5.32 Å². The third-order valence-electron chi connectivity index (χ3n) is 3.98. The van der Waals surface area contributed by atoms with E-state index in [1.807, 2.05) is 0 Å². The van der Waals surface area contributed by atoms with Gasteiger partial charge in [0, 0.05) is 11.3 Å². The second kappa shape index (κ2) is 9.57. The van der Waals surface area contributed by atoms with Gasteiger partial charge in [0.05, 0.1) is 6.26 Å². The van der Waals surface area contributed by atoms with Crippen molar-refractivity contribution in [1.29, 1.82) is 0 Å². The predicted octanol–water partition coefficient (Wildman–Crippen LogP) is 3.55. The zero-order chi connectivity index (χ0) is 20.6. The molecule has 1 heterocycles. The number of carbonyl (C=O) groups excluding carboxylic acids is 2. The Hall–Kier alpha value is -3.58. The lowest BCUT2D eigenvalue weighted by Gasteiger charge is -2.14. The average molecular weight is 395 g/mol. The van der Waals surface area contributed by atoms with Crippen molar-refractivity contribution in [1.82, 2.24) is 0 Å². The first-order chi connectivity index (χ1) is 14.0. The van der Waals surface area contributed by atoms with Gasteiger partial charge in [-0.25, -0.2) is 0 Å². The van der Waals surface area contributed by atoms with Crippen LogP contribution in [0.2, 0.25) is 0 Å². The summed E-state index contributed by atoms with van der Waals surface area (Å²) in [5.74, 6) is 0.877. The fourth-order valence-electron chi connectivity index (χ4n) is 2.47. The van der Waals surface area contributed by atoms with Gasteiger partial charge >= 0.3 is 0 Å².